The maximum Gasteiger partial charge on any atom is 0.231 e. The second kappa shape index (κ2) is 8.10. The fourth-order valence-electron chi connectivity index (χ4n) is 3.16. The van der Waals surface area contributed by atoms with Crippen LogP contribution in [0.1, 0.15) is 36.5 Å². The van der Waals surface area contributed by atoms with Crippen LogP contribution in [0.25, 0.3) is 0 Å². The van der Waals surface area contributed by atoms with E-state index in [0.29, 0.717) is 12.2 Å². The van der Waals surface area contributed by atoms with Gasteiger partial charge in [-0.3, -0.25) is 4.79 Å². The molecule has 0 spiro atoms. The van der Waals surface area contributed by atoms with E-state index in [1.165, 1.54) is 0 Å². The predicted octanol–water partition coefficient (Wildman–Crippen LogP) is 2.31. The summed E-state index contributed by atoms with van der Waals surface area (Å²) >= 11 is 0. The molecule has 0 fully saturated rings. The second-order valence-electron chi connectivity index (χ2n) is 6.92. The SMILES string of the molecule is CC(C)NS(=O)(=O)Cc1ccccc1CNC(=O)C1COc2ccccc21. The Hall–Kier alpha value is -2.38. The monoisotopic (exact) mass is 388 g/mol. The largest absolute Gasteiger partial charge is 0.492 e. The fraction of sp³-hybridized carbons (Fsp3) is 0.350. The molecule has 6 nitrogen and oxygen atoms in total. The highest BCUT2D eigenvalue weighted by molar-refractivity contribution is 7.88. The summed E-state index contributed by atoms with van der Waals surface area (Å²) in [5.41, 5.74) is 2.34. The van der Waals surface area contributed by atoms with Crippen LogP contribution in [0.15, 0.2) is 48.5 Å². The molecule has 1 unspecified atom stereocenters. The molecule has 0 saturated heterocycles. The van der Waals surface area contributed by atoms with Crippen LogP contribution in [0.5, 0.6) is 5.75 Å². The van der Waals surface area contributed by atoms with Gasteiger partial charge in [-0.15, -0.1) is 0 Å². The summed E-state index contributed by atoms with van der Waals surface area (Å²) in [6.45, 7) is 4.15. The predicted molar refractivity (Wildman–Crippen MR) is 104 cm³/mol. The quantitative estimate of drug-likeness (QED) is 0.762. The van der Waals surface area contributed by atoms with E-state index >= 15 is 0 Å². The van der Waals surface area contributed by atoms with Gasteiger partial charge in [-0.1, -0.05) is 42.5 Å². The van der Waals surface area contributed by atoms with E-state index in [4.69, 9.17) is 4.74 Å². The van der Waals surface area contributed by atoms with Gasteiger partial charge in [-0.2, -0.15) is 0 Å². The van der Waals surface area contributed by atoms with Gasteiger partial charge in [0.2, 0.25) is 15.9 Å². The highest BCUT2D eigenvalue weighted by atomic mass is 32.2. The normalized spacial score (nSPS) is 16.0. The topological polar surface area (TPSA) is 84.5 Å². The summed E-state index contributed by atoms with van der Waals surface area (Å²) in [7, 11) is -3.43. The van der Waals surface area contributed by atoms with Crippen molar-refractivity contribution in [1.82, 2.24) is 10.0 Å². The number of carbonyl (C=O) groups is 1. The van der Waals surface area contributed by atoms with E-state index in [1.54, 1.807) is 26.0 Å². The van der Waals surface area contributed by atoms with Crippen LogP contribution in [0, 0.1) is 0 Å². The summed E-state index contributed by atoms with van der Waals surface area (Å²) in [6.07, 6.45) is 0. The minimum atomic E-state index is -3.43. The number of hydrogen-bond acceptors (Lipinski definition) is 4. The van der Waals surface area contributed by atoms with Crippen molar-refractivity contribution in [2.75, 3.05) is 6.61 Å². The first-order valence-corrected chi connectivity index (χ1v) is 10.6. The molecule has 27 heavy (non-hydrogen) atoms. The summed E-state index contributed by atoms with van der Waals surface area (Å²) in [5.74, 6) is 0.147. The molecule has 1 heterocycles. The third-order valence-electron chi connectivity index (χ3n) is 4.35. The van der Waals surface area contributed by atoms with Gasteiger partial charge in [0.1, 0.15) is 18.3 Å². The van der Waals surface area contributed by atoms with Crippen molar-refractivity contribution in [3.05, 3.63) is 65.2 Å². The van der Waals surface area contributed by atoms with Gasteiger partial charge in [0.05, 0.1) is 5.75 Å². The Morgan fingerprint density at radius 2 is 1.78 bits per heavy atom. The summed E-state index contributed by atoms with van der Waals surface area (Å²) < 4.78 is 32.6. The van der Waals surface area contributed by atoms with E-state index in [-0.39, 0.29) is 30.2 Å². The van der Waals surface area contributed by atoms with Gasteiger partial charge in [0, 0.05) is 18.2 Å². The van der Waals surface area contributed by atoms with Crippen molar-refractivity contribution < 1.29 is 17.9 Å². The Kier molecular flexibility index (Phi) is 5.82. The van der Waals surface area contributed by atoms with Gasteiger partial charge < -0.3 is 10.1 Å². The van der Waals surface area contributed by atoms with Gasteiger partial charge in [-0.25, -0.2) is 13.1 Å². The smallest absolute Gasteiger partial charge is 0.231 e. The zero-order valence-electron chi connectivity index (χ0n) is 15.4. The van der Waals surface area contributed by atoms with Gasteiger partial charge in [-0.05, 0) is 31.0 Å². The average molecular weight is 388 g/mol. The molecule has 0 aromatic heterocycles. The first-order valence-electron chi connectivity index (χ1n) is 8.92. The van der Waals surface area contributed by atoms with Crippen molar-refractivity contribution in [3.63, 3.8) is 0 Å². The molecule has 2 N–H and O–H groups in total. The van der Waals surface area contributed by atoms with Crippen LogP contribution in [-0.4, -0.2) is 27.0 Å². The van der Waals surface area contributed by atoms with E-state index in [1.807, 2.05) is 36.4 Å². The molecule has 2 aromatic carbocycles. The van der Waals surface area contributed by atoms with E-state index in [0.717, 1.165) is 16.9 Å². The third-order valence-corrected chi connectivity index (χ3v) is 5.87. The Bertz CT molecular complexity index is 925. The molecule has 0 aliphatic carbocycles. The zero-order valence-corrected chi connectivity index (χ0v) is 16.3. The molecule has 0 saturated carbocycles. The number of carbonyl (C=O) groups excluding carboxylic acids is 1. The fourth-order valence-corrected chi connectivity index (χ4v) is 4.65. The average Bonchev–Trinajstić information content (AvgIpc) is 3.03. The number of benzene rings is 2. The van der Waals surface area contributed by atoms with Crippen LogP contribution in [0.3, 0.4) is 0 Å². The van der Waals surface area contributed by atoms with Crippen molar-refractivity contribution in [2.24, 2.45) is 0 Å². The number of hydrogen-bond donors (Lipinski definition) is 2. The standard InChI is InChI=1S/C20H24N2O4S/c1-14(2)22-27(24,25)13-16-8-4-3-7-15(16)11-21-20(23)18-12-26-19-10-6-5-9-17(18)19/h3-10,14,18,22H,11-13H2,1-2H3,(H,21,23). The van der Waals surface area contributed by atoms with Crippen LogP contribution < -0.4 is 14.8 Å². The molecule has 0 radical (unpaired) electrons. The number of amides is 1. The molecule has 1 atom stereocenters. The number of fused-ring (bicyclic) bond motifs is 1. The molecule has 7 heteroatoms. The van der Waals surface area contributed by atoms with Gasteiger partial charge in [0.15, 0.2) is 0 Å². The second-order valence-corrected chi connectivity index (χ2v) is 8.67. The van der Waals surface area contributed by atoms with E-state index < -0.39 is 10.0 Å². The van der Waals surface area contributed by atoms with E-state index in [9.17, 15) is 13.2 Å². The lowest BCUT2D eigenvalue weighted by Gasteiger charge is -2.14. The maximum absolute atomic E-state index is 12.6. The molecular weight excluding hydrogens is 364 g/mol. The maximum atomic E-state index is 12.6. The van der Waals surface area contributed by atoms with Crippen LogP contribution in [-0.2, 0) is 27.1 Å². The number of para-hydroxylation sites is 1. The number of rotatable bonds is 7. The van der Waals surface area contributed by atoms with Crippen molar-refractivity contribution in [1.29, 1.82) is 0 Å². The van der Waals surface area contributed by atoms with Crippen LogP contribution >= 0.6 is 0 Å². The van der Waals surface area contributed by atoms with Crippen LogP contribution in [0.2, 0.25) is 0 Å². The molecule has 2 aromatic rings. The first kappa shape index (κ1) is 19.4. The van der Waals surface area contributed by atoms with Crippen LogP contribution in [0.4, 0.5) is 0 Å². The molecular formula is C20H24N2O4S. The van der Waals surface area contributed by atoms with Gasteiger partial charge >= 0.3 is 0 Å². The third kappa shape index (κ3) is 4.87. The minimum absolute atomic E-state index is 0.118. The lowest BCUT2D eigenvalue weighted by atomic mass is 10.0. The summed E-state index contributed by atoms with van der Waals surface area (Å²) in [6, 6.07) is 14.6. The lowest BCUT2D eigenvalue weighted by molar-refractivity contribution is -0.122. The Morgan fingerprint density at radius 3 is 2.52 bits per heavy atom. The van der Waals surface area contributed by atoms with Crippen molar-refractivity contribution in [3.8, 4) is 5.75 Å². The molecule has 1 aliphatic heterocycles. The molecule has 3 rings (SSSR count). The Labute approximate surface area is 160 Å². The highest BCUT2D eigenvalue weighted by Gasteiger charge is 2.29. The number of nitrogens with one attached hydrogen (secondary N) is 2. The number of ether oxygens (including phenoxy) is 1. The molecule has 1 aliphatic rings. The first-order chi connectivity index (χ1) is 12.9. The Balaban J connectivity index is 1.68. The molecule has 1 amide bonds. The van der Waals surface area contributed by atoms with Crippen molar-refractivity contribution in [2.45, 2.75) is 38.1 Å². The molecule has 144 valence electrons. The Morgan fingerprint density at radius 1 is 1.11 bits per heavy atom. The molecule has 0 bridgehead atoms. The lowest BCUT2D eigenvalue weighted by Crippen LogP contribution is -2.32. The van der Waals surface area contributed by atoms with E-state index in [2.05, 4.69) is 10.0 Å². The minimum Gasteiger partial charge on any atom is -0.492 e. The summed E-state index contributed by atoms with van der Waals surface area (Å²) in [5, 5.41) is 2.91. The highest BCUT2D eigenvalue weighted by Crippen LogP contribution is 2.33. The number of sulfonamides is 1. The zero-order chi connectivity index (χ0) is 19.4. The summed E-state index contributed by atoms with van der Waals surface area (Å²) in [4.78, 5) is 12.6. The van der Waals surface area contributed by atoms with Crippen molar-refractivity contribution >= 4 is 15.9 Å². The van der Waals surface area contributed by atoms with Gasteiger partial charge in [0.25, 0.3) is 0 Å².